The maximum absolute atomic E-state index is 12.4. The molecule has 1 saturated carbocycles. The van der Waals surface area contributed by atoms with Gasteiger partial charge in [0.15, 0.2) is 0 Å². The second-order valence-corrected chi connectivity index (χ2v) is 7.63. The average molecular weight is 373 g/mol. The van der Waals surface area contributed by atoms with Crippen molar-refractivity contribution < 1.29 is 14.3 Å². The first kappa shape index (κ1) is 19.7. The lowest BCUT2D eigenvalue weighted by Crippen LogP contribution is -2.50. The molecule has 2 amide bonds. The van der Waals surface area contributed by atoms with Gasteiger partial charge in [0.05, 0.1) is 13.7 Å². The molecule has 0 aromatic heterocycles. The first-order valence-electron chi connectivity index (χ1n) is 10.1. The van der Waals surface area contributed by atoms with Crippen molar-refractivity contribution in [3.63, 3.8) is 0 Å². The third-order valence-corrected chi connectivity index (χ3v) is 5.69. The van der Waals surface area contributed by atoms with Crippen molar-refractivity contribution in [3.05, 3.63) is 24.3 Å². The van der Waals surface area contributed by atoms with E-state index in [-0.39, 0.29) is 11.8 Å². The fraction of sp³-hybridized carbons (Fsp3) is 0.619. The lowest BCUT2D eigenvalue weighted by molar-refractivity contribution is -0.133. The van der Waals surface area contributed by atoms with Crippen LogP contribution >= 0.6 is 0 Å². The van der Waals surface area contributed by atoms with Crippen molar-refractivity contribution in [2.75, 3.05) is 45.2 Å². The molecule has 27 heavy (non-hydrogen) atoms. The number of anilines is 1. The van der Waals surface area contributed by atoms with E-state index < -0.39 is 0 Å². The minimum Gasteiger partial charge on any atom is -0.497 e. The molecule has 1 saturated heterocycles. The highest BCUT2D eigenvalue weighted by molar-refractivity contribution is 5.92. The van der Waals surface area contributed by atoms with E-state index in [1.54, 1.807) is 13.2 Å². The third-order valence-electron chi connectivity index (χ3n) is 5.69. The van der Waals surface area contributed by atoms with Crippen LogP contribution in [0.5, 0.6) is 5.75 Å². The Morgan fingerprint density at radius 1 is 1.15 bits per heavy atom. The van der Waals surface area contributed by atoms with Gasteiger partial charge in [-0.25, -0.2) is 0 Å². The molecule has 3 rings (SSSR count). The largest absolute Gasteiger partial charge is 0.497 e. The van der Waals surface area contributed by atoms with Crippen LogP contribution in [-0.4, -0.2) is 61.4 Å². The van der Waals surface area contributed by atoms with Crippen LogP contribution in [0.15, 0.2) is 24.3 Å². The lowest BCUT2D eigenvalue weighted by Gasteiger charge is -2.34. The quantitative estimate of drug-likeness (QED) is 0.798. The number of carbonyl (C=O) groups excluding carboxylic acids is 2. The van der Waals surface area contributed by atoms with Crippen LogP contribution < -0.4 is 10.1 Å². The summed E-state index contributed by atoms with van der Waals surface area (Å²) in [7, 11) is 1.61. The van der Waals surface area contributed by atoms with Gasteiger partial charge in [-0.3, -0.25) is 14.5 Å². The highest BCUT2D eigenvalue weighted by Crippen LogP contribution is 2.28. The van der Waals surface area contributed by atoms with Gasteiger partial charge in [-0.15, -0.1) is 0 Å². The highest BCUT2D eigenvalue weighted by atomic mass is 16.5. The normalized spacial score (nSPS) is 18.5. The third kappa shape index (κ3) is 5.96. The van der Waals surface area contributed by atoms with Crippen LogP contribution in [0.1, 0.15) is 38.5 Å². The zero-order chi connectivity index (χ0) is 19.1. The minimum absolute atomic E-state index is 0.0377. The second kappa shape index (κ2) is 9.74. The Morgan fingerprint density at radius 2 is 1.89 bits per heavy atom. The van der Waals surface area contributed by atoms with Crippen LogP contribution in [0.2, 0.25) is 0 Å². The molecule has 2 fully saturated rings. The summed E-state index contributed by atoms with van der Waals surface area (Å²) in [5, 5.41) is 2.91. The summed E-state index contributed by atoms with van der Waals surface area (Å²) < 4.78 is 5.17. The van der Waals surface area contributed by atoms with Gasteiger partial charge in [0, 0.05) is 44.4 Å². The number of nitrogens with one attached hydrogen (secondary N) is 1. The predicted octanol–water partition coefficient (Wildman–Crippen LogP) is 2.75. The van der Waals surface area contributed by atoms with Gasteiger partial charge < -0.3 is 15.0 Å². The van der Waals surface area contributed by atoms with Crippen molar-refractivity contribution in [2.45, 2.75) is 38.5 Å². The molecule has 1 aliphatic heterocycles. The number of benzene rings is 1. The van der Waals surface area contributed by atoms with Crippen molar-refractivity contribution in [1.82, 2.24) is 9.80 Å². The molecule has 0 atom stereocenters. The van der Waals surface area contributed by atoms with Gasteiger partial charge in [0.25, 0.3) is 0 Å². The Morgan fingerprint density at radius 3 is 2.59 bits per heavy atom. The summed E-state index contributed by atoms with van der Waals surface area (Å²) in [4.78, 5) is 28.7. The topological polar surface area (TPSA) is 61.9 Å². The molecule has 6 nitrogen and oxygen atoms in total. The van der Waals surface area contributed by atoms with E-state index in [0.717, 1.165) is 50.0 Å². The maximum Gasteiger partial charge on any atom is 0.238 e. The summed E-state index contributed by atoms with van der Waals surface area (Å²) in [5.74, 6) is 1.72. The van der Waals surface area contributed by atoms with Gasteiger partial charge in [-0.1, -0.05) is 31.7 Å². The summed E-state index contributed by atoms with van der Waals surface area (Å²) in [6, 6.07) is 7.35. The summed E-state index contributed by atoms with van der Waals surface area (Å²) in [6.45, 7) is 3.29. The van der Waals surface area contributed by atoms with Crippen molar-refractivity contribution in [1.29, 1.82) is 0 Å². The highest BCUT2D eigenvalue weighted by Gasteiger charge is 2.23. The van der Waals surface area contributed by atoms with Gasteiger partial charge in [-0.2, -0.15) is 0 Å². The van der Waals surface area contributed by atoms with Gasteiger partial charge in [0.1, 0.15) is 5.75 Å². The Bertz CT molecular complexity index is 635. The molecular weight excluding hydrogens is 342 g/mol. The van der Waals surface area contributed by atoms with Crippen molar-refractivity contribution >= 4 is 17.5 Å². The number of methoxy groups -OCH3 is 1. The van der Waals surface area contributed by atoms with E-state index in [2.05, 4.69) is 10.2 Å². The van der Waals surface area contributed by atoms with Crippen molar-refractivity contribution in [3.8, 4) is 5.75 Å². The predicted molar refractivity (Wildman–Crippen MR) is 106 cm³/mol. The number of hydrogen-bond donors (Lipinski definition) is 1. The van der Waals surface area contributed by atoms with Crippen LogP contribution in [-0.2, 0) is 9.59 Å². The SMILES string of the molecule is COc1cccc(NC(=O)CN2CCN(C(=O)CCC3CCCC3)CC2)c1. The number of ether oxygens (including phenoxy) is 1. The van der Waals surface area contributed by atoms with E-state index in [4.69, 9.17) is 4.74 Å². The zero-order valence-corrected chi connectivity index (χ0v) is 16.3. The lowest BCUT2D eigenvalue weighted by atomic mass is 10.0. The molecule has 1 aliphatic carbocycles. The van der Waals surface area contributed by atoms with E-state index >= 15 is 0 Å². The fourth-order valence-corrected chi connectivity index (χ4v) is 4.04. The Balaban J connectivity index is 1.37. The molecule has 6 heteroatoms. The minimum atomic E-state index is -0.0377. The molecule has 148 valence electrons. The number of piperazine rings is 1. The molecule has 1 aromatic rings. The molecular formula is C21H31N3O3. The number of carbonyl (C=O) groups is 2. The number of rotatable bonds is 7. The number of amides is 2. The number of nitrogens with zero attached hydrogens (tertiary/aromatic N) is 2. The first-order valence-corrected chi connectivity index (χ1v) is 10.1. The van der Waals surface area contributed by atoms with Gasteiger partial charge in [0.2, 0.25) is 11.8 Å². The van der Waals surface area contributed by atoms with Crippen molar-refractivity contribution in [2.24, 2.45) is 5.92 Å². The zero-order valence-electron chi connectivity index (χ0n) is 16.3. The molecule has 0 bridgehead atoms. The average Bonchev–Trinajstić information content (AvgIpc) is 3.20. The van der Waals surface area contributed by atoms with Crippen LogP contribution in [0.3, 0.4) is 0 Å². The van der Waals surface area contributed by atoms with E-state index in [9.17, 15) is 9.59 Å². The Labute approximate surface area is 161 Å². The van der Waals surface area contributed by atoms with Crippen LogP contribution in [0, 0.1) is 5.92 Å². The fourth-order valence-electron chi connectivity index (χ4n) is 4.04. The van der Waals surface area contributed by atoms with E-state index in [1.807, 2.05) is 23.1 Å². The first-order chi connectivity index (χ1) is 13.1. The maximum atomic E-state index is 12.4. The smallest absolute Gasteiger partial charge is 0.238 e. The Kier molecular flexibility index (Phi) is 7.10. The Hall–Kier alpha value is -2.08. The second-order valence-electron chi connectivity index (χ2n) is 7.63. The molecule has 1 N–H and O–H groups in total. The van der Waals surface area contributed by atoms with Crippen LogP contribution in [0.4, 0.5) is 5.69 Å². The molecule has 1 aromatic carbocycles. The standard InChI is InChI=1S/C21H31N3O3/c1-27-19-8-4-7-18(15-19)22-20(25)16-23-11-13-24(14-12-23)21(26)10-9-17-5-2-3-6-17/h4,7-8,15,17H,2-3,5-6,9-14,16H2,1H3,(H,22,25). The molecule has 1 heterocycles. The van der Waals surface area contributed by atoms with E-state index in [1.165, 1.54) is 25.7 Å². The molecule has 2 aliphatic rings. The number of hydrogen-bond acceptors (Lipinski definition) is 4. The summed E-state index contributed by atoms with van der Waals surface area (Å²) >= 11 is 0. The summed E-state index contributed by atoms with van der Waals surface area (Å²) in [6.07, 6.45) is 6.97. The van der Waals surface area contributed by atoms with Gasteiger partial charge in [-0.05, 0) is 24.5 Å². The van der Waals surface area contributed by atoms with E-state index in [0.29, 0.717) is 13.0 Å². The van der Waals surface area contributed by atoms with Crippen LogP contribution in [0.25, 0.3) is 0 Å². The molecule has 0 spiro atoms. The molecule has 0 unspecified atom stereocenters. The van der Waals surface area contributed by atoms with Gasteiger partial charge >= 0.3 is 0 Å². The monoisotopic (exact) mass is 373 g/mol. The summed E-state index contributed by atoms with van der Waals surface area (Å²) in [5.41, 5.74) is 0.736. The molecule has 0 radical (unpaired) electrons.